The van der Waals surface area contributed by atoms with Crippen molar-refractivity contribution in [1.82, 2.24) is 0 Å². The van der Waals surface area contributed by atoms with Gasteiger partial charge < -0.3 is 10.1 Å². The van der Waals surface area contributed by atoms with Crippen LogP contribution in [-0.4, -0.2) is 30.0 Å². The summed E-state index contributed by atoms with van der Waals surface area (Å²) in [5, 5.41) is 1.90. The predicted octanol–water partition coefficient (Wildman–Crippen LogP) is 2.99. The van der Waals surface area contributed by atoms with Gasteiger partial charge in [-0.1, -0.05) is 15.9 Å². The topological polar surface area (TPSA) is 55.4 Å². The third-order valence-corrected chi connectivity index (χ3v) is 3.79. The number of thioether (sulfide) groups is 1. The van der Waals surface area contributed by atoms with Crippen LogP contribution in [0.25, 0.3) is 0 Å². The highest BCUT2D eigenvalue weighted by Crippen LogP contribution is 2.21. The van der Waals surface area contributed by atoms with E-state index in [4.69, 9.17) is 4.74 Å². The summed E-state index contributed by atoms with van der Waals surface area (Å²) in [5.41, 5.74) is 1.61. The van der Waals surface area contributed by atoms with E-state index in [2.05, 4.69) is 21.2 Å². The Hall–Kier alpha value is -1.01. The van der Waals surface area contributed by atoms with Crippen molar-refractivity contribution in [3.63, 3.8) is 0 Å². The van der Waals surface area contributed by atoms with Gasteiger partial charge in [0.25, 0.3) is 0 Å². The average molecular weight is 346 g/mol. The van der Waals surface area contributed by atoms with E-state index in [0.29, 0.717) is 5.69 Å². The van der Waals surface area contributed by atoms with Crippen LogP contribution < -0.4 is 5.32 Å². The minimum Gasteiger partial charge on any atom is -0.465 e. The number of nitrogens with one attached hydrogen (secondary N) is 1. The zero-order valence-electron chi connectivity index (χ0n) is 11.0. The molecule has 104 valence electrons. The lowest BCUT2D eigenvalue weighted by Gasteiger charge is -2.14. The van der Waals surface area contributed by atoms with Crippen LogP contribution in [0.3, 0.4) is 0 Å². The van der Waals surface area contributed by atoms with Crippen molar-refractivity contribution in [2.24, 2.45) is 0 Å². The molecule has 0 heterocycles. The first-order chi connectivity index (χ1) is 8.99. The van der Waals surface area contributed by atoms with Crippen LogP contribution in [0, 0.1) is 6.92 Å². The van der Waals surface area contributed by atoms with Gasteiger partial charge in [-0.25, -0.2) is 0 Å². The second-order valence-corrected chi connectivity index (χ2v) is 5.67. The molecule has 1 N–H and O–H groups in total. The first-order valence-electron chi connectivity index (χ1n) is 5.76. The molecule has 1 amide bonds. The number of benzene rings is 1. The summed E-state index contributed by atoms with van der Waals surface area (Å²) >= 11 is 4.52. The highest BCUT2D eigenvalue weighted by atomic mass is 79.9. The third kappa shape index (κ3) is 4.54. The summed E-state index contributed by atoms with van der Waals surface area (Å²) in [7, 11) is 0. The fourth-order valence-corrected chi connectivity index (χ4v) is 2.50. The Kier molecular flexibility index (Phi) is 6.37. The molecule has 0 aliphatic carbocycles. The van der Waals surface area contributed by atoms with E-state index in [0.717, 1.165) is 21.8 Å². The number of hydrogen-bond acceptors (Lipinski definition) is 4. The molecule has 0 bridgehead atoms. The highest BCUT2D eigenvalue weighted by molar-refractivity contribution is 9.10. The number of ether oxygens (including phenoxy) is 1. The molecule has 1 aromatic rings. The fourth-order valence-electron chi connectivity index (χ4n) is 1.49. The Bertz CT molecular complexity index is 479. The number of anilines is 1. The Labute approximate surface area is 125 Å². The zero-order valence-corrected chi connectivity index (χ0v) is 13.4. The molecule has 4 nitrogen and oxygen atoms in total. The summed E-state index contributed by atoms with van der Waals surface area (Å²) in [6, 6.07) is 5.52. The highest BCUT2D eigenvalue weighted by Gasteiger charge is 2.27. The molecule has 0 saturated carbocycles. The number of aryl methyl sites for hydroxylation is 1. The van der Waals surface area contributed by atoms with Crippen molar-refractivity contribution in [2.45, 2.75) is 19.1 Å². The van der Waals surface area contributed by atoms with Gasteiger partial charge in [0, 0.05) is 10.2 Å². The minimum absolute atomic E-state index is 0.264. The smallest absolute Gasteiger partial charge is 0.328 e. The van der Waals surface area contributed by atoms with E-state index < -0.39 is 11.2 Å². The number of amides is 1. The third-order valence-electron chi connectivity index (χ3n) is 2.42. The fraction of sp³-hybridized carbons (Fsp3) is 0.385. The van der Waals surface area contributed by atoms with E-state index in [-0.39, 0.29) is 12.5 Å². The SMILES string of the molecule is CCOC(=O)C(SC)C(=O)Nc1ccc(Br)cc1C. The number of esters is 1. The van der Waals surface area contributed by atoms with Crippen LogP contribution in [0.2, 0.25) is 0 Å². The Morgan fingerprint density at radius 1 is 1.47 bits per heavy atom. The van der Waals surface area contributed by atoms with Crippen LogP contribution in [0.1, 0.15) is 12.5 Å². The maximum atomic E-state index is 12.1. The lowest BCUT2D eigenvalue weighted by molar-refractivity contribution is -0.144. The second-order valence-electron chi connectivity index (χ2n) is 3.82. The van der Waals surface area contributed by atoms with Crippen LogP contribution in [0.15, 0.2) is 22.7 Å². The maximum absolute atomic E-state index is 12.1. The van der Waals surface area contributed by atoms with E-state index in [1.165, 1.54) is 0 Å². The van der Waals surface area contributed by atoms with Gasteiger partial charge in [0.15, 0.2) is 5.25 Å². The van der Waals surface area contributed by atoms with Crippen molar-refractivity contribution in [1.29, 1.82) is 0 Å². The van der Waals surface area contributed by atoms with Gasteiger partial charge in [-0.15, -0.1) is 11.8 Å². The molecule has 1 atom stereocenters. The summed E-state index contributed by atoms with van der Waals surface area (Å²) in [4.78, 5) is 23.7. The summed E-state index contributed by atoms with van der Waals surface area (Å²) in [6.07, 6.45) is 1.70. The monoisotopic (exact) mass is 345 g/mol. The van der Waals surface area contributed by atoms with Crippen molar-refractivity contribution < 1.29 is 14.3 Å². The molecule has 1 rings (SSSR count). The summed E-state index contributed by atoms with van der Waals surface area (Å²) in [5.74, 6) is -0.876. The van der Waals surface area contributed by atoms with Gasteiger partial charge in [0.05, 0.1) is 6.61 Å². The molecule has 0 spiro atoms. The van der Waals surface area contributed by atoms with Gasteiger partial charge >= 0.3 is 5.97 Å². The maximum Gasteiger partial charge on any atom is 0.328 e. The molecule has 0 fully saturated rings. The average Bonchev–Trinajstić information content (AvgIpc) is 2.34. The van der Waals surface area contributed by atoms with Crippen molar-refractivity contribution in [2.75, 3.05) is 18.2 Å². The van der Waals surface area contributed by atoms with Gasteiger partial charge in [-0.05, 0) is 43.9 Å². The molecular weight excluding hydrogens is 330 g/mol. The van der Waals surface area contributed by atoms with Gasteiger partial charge in [0.1, 0.15) is 0 Å². The second kappa shape index (κ2) is 7.55. The number of carbonyl (C=O) groups is 2. The molecule has 0 aliphatic heterocycles. The van der Waals surface area contributed by atoms with Crippen molar-refractivity contribution in [3.05, 3.63) is 28.2 Å². The van der Waals surface area contributed by atoms with E-state index >= 15 is 0 Å². The van der Waals surface area contributed by atoms with Gasteiger partial charge in [-0.2, -0.15) is 0 Å². The Balaban J connectivity index is 2.79. The Morgan fingerprint density at radius 2 is 2.16 bits per heavy atom. The lowest BCUT2D eigenvalue weighted by Crippen LogP contribution is -2.33. The van der Waals surface area contributed by atoms with Crippen molar-refractivity contribution >= 4 is 45.3 Å². The first kappa shape index (κ1) is 16.0. The zero-order chi connectivity index (χ0) is 14.4. The largest absolute Gasteiger partial charge is 0.465 e. The quantitative estimate of drug-likeness (QED) is 0.658. The molecule has 1 unspecified atom stereocenters. The minimum atomic E-state index is -0.844. The molecule has 1 aromatic carbocycles. The van der Waals surface area contributed by atoms with Crippen LogP contribution in [-0.2, 0) is 14.3 Å². The molecule has 0 aromatic heterocycles. The molecule has 0 saturated heterocycles. The number of carbonyl (C=O) groups excluding carboxylic acids is 2. The lowest BCUT2D eigenvalue weighted by atomic mass is 10.2. The van der Waals surface area contributed by atoms with E-state index in [1.54, 1.807) is 19.2 Å². The molecule has 0 aliphatic rings. The predicted molar refractivity (Wildman–Crippen MR) is 81.4 cm³/mol. The van der Waals surface area contributed by atoms with Gasteiger partial charge in [-0.3, -0.25) is 9.59 Å². The molecule has 19 heavy (non-hydrogen) atoms. The normalized spacial score (nSPS) is 11.8. The van der Waals surface area contributed by atoms with Crippen LogP contribution in [0.4, 0.5) is 5.69 Å². The summed E-state index contributed by atoms with van der Waals surface area (Å²) in [6.45, 7) is 3.87. The molecular formula is C13H16BrNO3S. The van der Waals surface area contributed by atoms with Gasteiger partial charge in [0.2, 0.25) is 5.91 Å². The number of rotatable bonds is 5. The summed E-state index contributed by atoms with van der Waals surface area (Å²) < 4.78 is 5.81. The van der Waals surface area contributed by atoms with E-state index in [9.17, 15) is 9.59 Å². The van der Waals surface area contributed by atoms with Crippen molar-refractivity contribution in [3.8, 4) is 0 Å². The number of halogens is 1. The number of hydrogen-bond donors (Lipinski definition) is 1. The molecule has 0 radical (unpaired) electrons. The first-order valence-corrected chi connectivity index (χ1v) is 7.84. The van der Waals surface area contributed by atoms with E-state index in [1.807, 2.05) is 19.1 Å². The standard InChI is InChI=1S/C13H16BrNO3S/c1-4-18-13(17)11(19-3)12(16)15-10-6-5-9(14)7-8(10)2/h5-7,11H,4H2,1-3H3,(H,15,16). The van der Waals surface area contributed by atoms with Crippen LogP contribution >= 0.6 is 27.7 Å². The van der Waals surface area contributed by atoms with Crippen LogP contribution in [0.5, 0.6) is 0 Å². The molecule has 6 heteroatoms. The Morgan fingerprint density at radius 3 is 2.68 bits per heavy atom.